The molecule has 0 unspecified atom stereocenters. The zero-order valence-electron chi connectivity index (χ0n) is 19.0. The molecule has 0 fully saturated rings. The Labute approximate surface area is 183 Å². The zero-order valence-corrected chi connectivity index (χ0v) is 24.6. The topological polar surface area (TPSA) is 6.48 Å². The van der Waals surface area contributed by atoms with Gasteiger partial charge in [0.05, 0.1) is 0 Å². The number of hydrazine groups is 1. The minimum absolute atomic E-state index is 1.44. The van der Waals surface area contributed by atoms with Gasteiger partial charge < -0.3 is 0 Å². The van der Waals surface area contributed by atoms with Gasteiger partial charge in [-0.15, -0.1) is 0 Å². The second-order valence-corrected chi connectivity index (χ2v) is 31.4. The number of rotatable bonds is 7. The molecule has 0 saturated heterocycles. The first kappa shape index (κ1) is 24.2. The summed E-state index contributed by atoms with van der Waals surface area (Å²) >= 11 is 3.83. The zero-order chi connectivity index (χ0) is 21.4. The Morgan fingerprint density at radius 2 is 0.893 bits per heavy atom. The molecule has 28 heavy (non-hydrogen) atoms. The van der Waals surface area contributed by atoms with Crippen molar-refractivity contribution in [1.82, 2.24) is 8.79 Å². The molecule has 154 valence electrons. The van der Waals surface area contributed by atoms with E-state index in [2.05, 4.69) is 143 Å². The summed E-state index contributed by atoms with van der Waals surface area (Å²) in [5.74, 6) is 0. The van der Waals surface area contributed by atoms with Gasteiger partial charge in [-0.2, -0.15) is 0 Å². The SMILES string of the molecule is C[Si](C)(C)N(N([Si](C)(C)C)P(=[Se])(c1ccccc1)c1ccccc1)[Si](C)(C)C. The van der Waals surface area contributed by atoms with E-state index in [9.17, 15) is 0 Å². The average molecular weight is 512 g/mol. The van der Waals surface area contributed by atoms with Crippen LogP contribution in [-0.4, -0.2) is 48.6 Å². The molecular weight excluding hydrogens is 474 g/mol. The summed E-state index contributed by atoms with van der Waals surface area (Å²) in [5.41, 5.74) is -1.89. The van der Waals surface area contributed by atoms with Crippen LogP contribution in [-0.2, 0) is 0 Å². The summed E-state index contributed by atoms with van der Waals surface area (Å²) in [6, 6.07) is 22.4. The molecule has 0 aromatic heterocycles. The molecule has 0 saturated carbocycles. The summed E-state index contributed by atoms with van der Waals surface area (Å²) in [5, 5.41) is 2.87. The fraction of sp³-hybridized carbons (Fsp3) is 0.429. The van der Waals surface area contributed by atoms with Gasteiger partial charge in [-0.05, 0) is 0 Å². The summed E-state index contributed by atoms with van der Waals surface area (Å²) in [6.07, 6.45) is 0. The normalized spacial score (nSPS) is 14.0. The third kappa shape index (κ3) is 5.16. The van der Waals surface area contributed by atoms with Crippen LogP contribution in [0.2, 0.25) is 58.9 Å². The van der Waals surface area contributed by atoms with E-state index in [1.54, 1.807) is 0 Å². The molecule has 0 N–H and O–H groups in total. The van der Waals surface area contributed by atoms with E-state index in [1.165, 1.54) is 10.6 Å². The minimum atomic E-state index is -1.89. The van der Waals surface area contributed by atoms with Gasteiger partial charge in [0.25, 0.3) is 0 Å². The van der Waals surface area contributed by atoms with Crippen LogP contribution in [0.4, 0.5) is 0 Å². The van der Waals surface area contributed by atoms with Crippen molar-refractivity contribution in [3.05, 3.63) is 60.7 Å². The van der Waals surface area contributed by atoms with Gasteiger partial charge in [-0.3, -0.25) is 0 Å². The molecule has 2 nitrogen and oxygen atoms in total. The van der Waals surface area contributed by atoms with Crippen LogP contribution in [0.3, 0.4) is 0 Å². The molecule has 0 aliphatic carbocycles. The Balaban J connectivity index is 2.92. The molecule has 0 heterocycles. The molecule has 0 amide bonds. The van der Waals surface area contributed by atoms with E-state index >= 15 is 0 Å². The first-order valence-corrected chi connectivity index (χ1v) is 24.3. The van der Waals surface area contributed by atoms with E-state index < -0.39 is 30.4 Å². The van der Waals surface area contributed by atoms with E-state index in [-0.39, 0.29) is 0 Å². The molecular formula is C21H37N2PSeSi3. The van der Waals surface area contributed by atoms with Crippen molar-refractivity contribution >= 4 is 56.1 Å². The third-order valence-corrected chi connectivity index (χ3v) is 23.7. The molecule has 2 aromatic carbocycles. The van der Waals surface area contributed by atoms with E-state index in [0.29, 0.717) is 0 Å². The molecule has 7 heteroatoms. The Hall–Kier alpha value is -0.0399. The Kier molecular flexibility index (Phi) is 7.44. The number of hydrogen-bond acceptors (Lipinski definition) is 2. The quantitative estimate of drug-likeness (QED) is 0.268. The van der Waals surface area contributed by atoms with Crippen LogP contribution in [0, 0.1) is 0 Å². The van der Waals surface area contributed by atoms with Crippen molar-refractivity contribution in [2.45, 2.75) is 58.9 Å². The van der Waals surface area contributed by atoms with Crippen LogP contribution in [0.1, 0.15) is 0 Å². The number of benzene rings is 2. The van der Waals surface area contributed by atoms with Crippen molar-refractivity contribution in [2.24, 2.45) is 0 Å². The summed E-state index contributed by atoms with van der Waals surface area (Å²) in [6.45, 7) is 22.6. The van der Waals surface area contributed by atoms with Crippen molar-refractivity contribution in [2.75, 3.05) is 0 Å². The number of nitrogens with zero attached hydrogens (tertiary/aromatic N) is 2. The van der Waals surface area contributed by atoms with Gasteiger partial charge in [-0.25, -0.2) is 0 Å². The maximum atomic E-state index is 3.83. The molecule has 0 spiro atoms. The molecule has 2 aromatic rings. The molecule has 0 aliphatic heterocycles. The first-order chi connectivity index (χ1) is 12.7. The second-order valence-electron chi connectivity index (χ2n) is 10.4. The Morgan fingerprint density at radius 3 is 1.14 bits per heavy atom. The van der Waals surface area contributed by atoms with Crippen molar-refractivity contribution in [3.63, 3.8) is 0 Å². The molecule has 0 bridgehead atoms. The second kappa shape index (κ2) is 8.60. The van der Waals surface area contributed by atoms with Gasteiger partial charge in [0.1, 0.15) is 0 Å². The molecule has 0 aliphatic rings. The van der Waals surface area contributed by atoms with Crippen LogP contribution in [0.25, 0.3) is 0 Å². The monoisotopic (exact) mass is 512 g/mol. The van der Waals surface area contributed by atoms with Crippen molar-refractivity contribution in [3.8, 4) is 0 Å². The summed E-state index contributed by atoms with van der Waals surface area (Å²) < 4.78 is 5.87. The molecule has 2 rings (SSSR count). The van der Waals surface area contributed by atoms with E-state index in [4.69, 9.17) is 0 Å². The van der Waals surface area contributed by atoms with E-state index in [0.717, 1.165) is 0 Å². The van der Waals surface area contributed by atoms with Crippen LogP contribution >= 0.6 is 5.66 Å². The van der Waals surface area contributed by atoms with Gasteiger partial charge in [-0.1, -0.05) is 0 Å². The van der Waals surface area contributed by atoms with Gasteiger partial charge in [0.15, 0.2) is 0 Å². The van der Waals surface area contributed by atoms with Crippen LogP contribution < -0.4 is 10.6 Å². The van der Waals surface area contributed by atoms with Gasteiger partial charge >= 0.3 is 184 Å². The fourth-order valence-corrected chi connectivity index (χ4v) is 33.6. The Morgan fingerprint density at radius 1 is 0.571 bits per heavy atom. The fourth-order valence-electron chi connectivity index (χ4n) is 4.05. The predicted octanol–water partition coefficient (Wildman–Crippen LogP) is 5.68. The Bertz CT molecular complexity index is 767. The first-order valence-electron chi connectivity index (χ1n) is 10.0. The summed E-state index contributed by atoms with van der Waals surface area (Å²) in [4.78, 5) is 0. The summed E-state index contributed by atoms with van der Waals surface area (Å²) in [7, 11) is -4.94. The van der Waals surface area contributed by atoms with E-state index in [1.807, 2.05) is 0 Å². The average Bonchev–Trinajstić information content (AvgIpc) is 2.57. The predicted molar refractivity (Wildman–Crippen MR) is 139 cm³/mol. The van der Waals surface area contributed by atoms with Gasteiger partial charge in [0, 0.05) is 0 Å². The van der Waals surface area contributed by atoms with Gasteiger partial charge in [0.2, 0.25) is 0 Å². The number of hydrogen-bond donors (Lipinski definition) is 0. The van der Waals surface area contributed by atoms with Crippen molar-refractivity contribution < 1.29 is 0 Å². The third-order valence-electron chi connectivity index (χ3n) is 4.54. The molecule has 0 radical (unpaired) electrons. The maximum absolute atomic E-state index is 3.83. The van der Waals surface area contributed by atoms with Crippen molar-refractivity contribution in [1.29, 1.82) is 0 Å². The van der Waals surface area contributed by atoms with Crippen LogP contribution in [0.15, 0.2) is 60.7 Å². The van der Waals surface area contributed by atoms with Crippen LogP contribution in [0.5, 0.6) is 0 Å². The molecule has 0 atom stereocenters. The standard InChI is InChI=1S/C21H37N2PSeSi3/c1-26(2,3)22(23(27(4,5)6)28(7,8)9)24(25,20-16-12-10-13-17-20)21-18-14-11-15-19-21/h10-19H,1-9H3.